The number of hydrogen-bond acceptors (Lipinski definition) is 2. The van der Waals surface area contributed by atoms with Gasteiger partial charge >= 0.3 is 0 Å². The van der Waals surface area contributed by atoms with Crippen molar-refractivity contribution in [2.75, 3.05) is 13.1 Å². The zero-order valence-electron chi connectivity index (χ0n) is 12.0. The van der Waals surface area contributed by atoms with Crippen molar-refractivity contribution in [3.8, 4) is 0 Å². The highest BCUT2D eigenvalue weighted by atomic mass is 16.1. The third-order valence-electron chi connectivity index (χ3n) is 3.50. The van der Waals surface area contributed by atoms with Gasteiger partial charge in [-0.15, -0.1) is 0 Å². The van der Waals surface area contributed by atoms with Crippen LogP contribution in [0.25, 0.3) is 0 Å². The molecular formula is C14H29NO. The molecule has 0 aromatic heterocycles. The van der Waals surface area contributed by atoms with Crippen LogP contribution in [0.2, 0.25) is 0 Å². The molecule has 0 aromatic rings. The molecule has 96 valence electrons. The number of carbonyl (C=O) groups is 1. The Morgan fingerprint density at radius 3 is 1.88 bits per heavy atom. The SMILES string of the molecule is CCCN(CCC)[C@@H](C)C(=O)C(C)(C)CC. The van der Waals surface area contributed by atoms with Crippen LogP contribution < -0.4 is 0 Å². The maximum absolute atomic E-state index is 12.3. The molecule has 0 aliphatic carbocycles. The lowest BCUT2D eigenvalue weighted by Crippen LogP contribution is -2.45. The van der Waals surface area contributed by atoms with Crippen molar-refractivity contribution < 1.29 is 4.79 Å². The van der Waals surface area contributed by atoms with Gasteiger partial charge < -0.3 is 0 Å². The average molecular weight is 227 g/mol. The second-order valence-electron chi connectivity index (χ2n) is 5.31. The van der Waals surface area contributed by atoms with E-state index >= 15 is 0 Å². The van der Waals surface area contributed by atoms with Gasteiger partial charge in [-0.3, -0.25) is 9.69 Å². The van der Waals surface area contributed by atoms with Crippen LogP contribution in [-0.4, -0.2) is 29.8 Å². The molecule has 0 amide bonds. The van der Waals surface area contributed by atoms with Gasteiger partial charge in [0.2, 0.25) is 0 Å². The minimum Gasteiger partial charge on any atom is -0.297 e. The van der Waals surface area contributed by atoms with E-state index in [1.807, 2.05) is 0 Å². The summed E-state index contributed by atoms with van der Waals surface area (Å²) in [5, 5.41) is 0. The molecule has 0 aromatic carbocycles. The Labute approximate surface area is 101 Å². The average Bonchev–Trinajstić information content (AvgIpc) is 2.26. The number of rotatable bonds is 8. The van der Waals surface area contributed by atoms with Crippen LogP contribution in [-0.2, 0) is 4.79 Å². The predicted molar refractivity (Wildman–Crippen MR) is 70.7 cm³/mol. The van der Waals surface area contributed by atoms with Crippen molar-refractivity contribution in [3.63, 3.8) is 0 Å². The van der Waals surface area contributed by atoms with E-state index in [1.165, 1.54) is 0 Å². The smallest absolute Gasteiger partial charge is 0.155 e. The van der Waals surface area contributed by atoms with Crippen LogP contribution in [0, 0.1) is 5.41 Å². The first kappa shape index (κ1) is 15.6. The summed E-state index contributed by atoms with van der Waals surface area (Å²) in [6, 6.07) is 0.0647. The first-order valence-corrected chi connectivity index (χ1v) is 6.69. The molecule has 0 aliphatic rings. The van der Waals surface area contributed by atoms with Crippen molar-refractivity contribution in [2.24, 2.45) is 5.41 Å². The van der Waals surface area contributed by atoms with E-state index in [1.54, 1.807) is 0 Å². The molecule has 0 heterocycles. The van der Waals surface area contributed by atoms with E-state index < -0.39 is 0 Å². The molecule has 0 unspecified atom stereocenters. The highest BCUT2D eigenvalue weighted by Crippen LogP contribution is 2.24. The van der Waals surface area contributed by atoms with Crippen LogP contribution >= 0.6 is 0 Å². The fraction of sp³-hybridized carbons (Fsp3) is 0.929. The number of carbonyl (C=O) groups excluding carboxylic acids is 1. The zero-order chi connectivity index (χ0) is 12.8. The fourth-order valence-corrected chi connectivity index (χ4v) is 1.98. The number of hydrogen-bond donors (Lipinski definition) is 0. The lowest BCUT2D eigenvalue weighted by molar-refractivity contribution is -0.132. The molecule has 2 heteroatoms. The van der Waals surface area contributed by atoms with E-state index in [9.17, 15) is 4.79 Å². The van der Waals surface area contributed by atoms with Crippen LogP contribution in [0.3, 0.4) is 0 Å². The van der Waals surface area contributed by atoms with Gasteiger partial charge in [0.15, 0.2) is 5.78 Å². The molecule has 1 atom stereocenters. The van der Waals surface area contributed by atoms with E-state index in [2.05, 4.69) is 46.4 Å². The first-order valence-electron chi connectivity index (χ1n) is 6.69. The van der Waals surface area contributed by atoms with Crippen molar-refractivity contribution in [3.05, 3.63) is 0 Å². The van der Waals surface area contributed by atoms with Gasteiger partial charge in [-0.1, -0.05) is 34.6 Å². The van der Waals surface area contributed by atoms with Crippen LogP contribution in [0.15, 0.2) is 0 Å². The maximum Gasteiger partial charge on any atom is 0.155 e. The largest absolute Gasteiger partial charge is 0.297 e. The minimum atomic E-state index is -0.181. The lowest BCUT2D eigenvalue weighted by atomic mass is 9.82. The van der Waals surface area contributed by atoms with Crippen molar-refractivity contribution in [1.82, 2.24) is 4.90 Å². The van der Waals surface area contributed by atoms with E-state index in [0.29, 0.717) is 5.78 Å². The molecule has 0 spiro atoms. The van der Waals surface area contributed by atoms with Crippen LogP contribution in [0.1, 0.15) is 60.8 Å². The molecule has 0 saturated carbocycles. The molecule has 0 bridgehead atoms. The molecule has 0 fully saturated rings. The van der Waals surface area contributed by atoms with Crippen molar-refractivity contribution in [2.45, 2.75) is 66.8 Å². The summed E-state index contributed by atoms with van der Waals surface area (Å²) in [6.07, 6.45) is 3.15. The summed E-state index contributed by atoms with van der Waals surface area (Å²) in [6.45, 7) is 14.7. The van der Waals surface area contributed by atoms with Gasteiger partial charge in [-0.25, -0.2) is 0 Å². The molecule has 2 nitrogen and oxygen atoms in total. The van der Waals surface area contributed by atoms with E-state index in [-0.39, 0.29) is 11.5 Å². The van der Waals surface area contributed by atoms with Crippen LogP contribution in [0.4, 0.5) is 0 Å². The first-order chi connectivity index (χ1) is 7.40. The topological polar surface area (TPSA) is 20.3 Å². The van der Waals surface area contributed by atoms with Gasteiger partial charge in [0.05, 0.1) is 6.04 Å². The summed E-state index contributed by atoms with van der Waals surface area (Å²) >= 11 is 0. The van der Waals surface area contributed by atoms with Crippen molar-refractivity contribution in [1.29, 1.82) is 0 Å². The molecule has 0 aliphatic heterocycles. The molecule has 0 rings (SSSR count). The quantitative estimate of drug-likeness (QED) is 0.632. The summed E-state index contributed by atoms with van der Waals surface area (Å²) in [5.41, 5.74) is -0.181. The van der Waals surface area contributed by atoms with Gasteiger partial charge in [0.25, 0.3) is 0 Å². The Morgan fingerprint density at radius 1 is 1.12 bits per heavy atom. The number of nitrogens with zero attached hydrogens (tertiary/aromatic N) is 1. The molecule has 16 heavy (non-hydrogen) atoms. The summed E-state index contributed by atoms with van der Waals surface area (Å²) in [7, 11) is 0. The Kier molecular flexibility index (Phi) is 6.89. The van der Waals surface area contributed by atoms with Crippen molar-refractivity contribution >= 4 is 5.78 Å². The second kappa shape index (κ2) is 7.05. The maximum atomic E-state index is 12.3. The Hall–Kier alpha value is -0.370. The number of Topliss-reactive ketones (excluding diaryl/α,β-unsaturated/α-hetero) is 1. The molecule has 0 saturated heterocycles. The van der Waals surface area contributed by atoms with Gasteiger partial charge in [0.1, 0.15) is 0 Å². The van der Waals surface area contributed by atoms with Gasteiger partial charge in [-0.05, 0) is 39.3 Å². The summed E-state index contributed by atoms with van der Waals surface area (Å²) < 4.78 is 0. The monoisotopic (exact) mass is 227 g/mol. The Morgan fingerprint density at radius 2 is 1.56 bits per heavy atom. The third-order valence-corrected chi connectivity index (χ3v) is 3.50. The second-order valence-corrected chi connectivity index (χ2v) is 5.31. The standard InChI is InChI=1S/C14H29NO/c1-7-10-15(11-8-2)12(4)13(16)14(5,6)9-3/h12H,7-11H2,1-6H3/t12-/m0/s1. The highest BCUT2D eigenvalue weighted by Gasteiger charge is 2.32. The molecular weight excluding hydrogens is 198 g/mol. The van der Waals surface area contributed by atoms with Gasteiger partial charge in [-0.2, -0.15) is 0 Å². The molecule has 0 N–H and O–H groups in total. The fourth-order valence-electron chi connectivity index (χ4n) is 1.98. The highest BCUT2D eigenvalue weighted by molar-refractivity contribution is 5.88. The Balaban J connectivity index is 4.59. The molecule has 0 radical (unpaired) electrons. The Bertz CT molecular complexity index is 205. The van der Waals surface area contributed by atoms with E-state index in [0.717, 1.165) is 32.4 Å². The summed E-state index contributed by atoms with van der Waals surface area (Å²) in [4.78, 5) is 14.7. The van der Waals surface area contributed by atoms with Crippen LogP contribution in [0.5, 0.6) is 0 Å². The van der Waals surface area contributed by atoms with Gasteiger partial charge in [0, 0.05) is 5.41 Å². The normalized spacial score (nSPS) is 14.2. The predicted octanol–water partition coefficient (Wildman–Crippen LogP) is 3.50. The number of ketones is 1. The minimum absolute atomic E-state index is 0.0647. The zero-order valence-corrected chi connectivity index (χ0v) is 12.0. The lowest BCUT2D eigenvalue weighted by Gasteiger charge is -2.33. The van der Waals surface area contributed by atoms with E-state index in [4.69, 9.17) is 0 Å². The third kappa shape index (κ3) is 4.25. The summed E-state index contributed by atoms with van der Waals surface area (Å²) in [5.74, 6) is 0.386.